The molecule has 0 saturated carbocycles. The van der Waals surface area contributed by atoms with Gasteiger partial charge in [0.15, 0.2) is 0 Å². The van der Waals surface area contributed by atoms with Gasteiger partial charge in [-0.25, -0.2) is 12.8 Å². The smallest absolute Gasteiger partial charge is 0.243 e. The van der Waals surface area contributed by atoms with Crippen LogP contribution >= 0.6 is 11.6 Å². The minimum Gasteiger partial charge on any atom is -0.354 e. The topological polar surface area (TPSA) is 95.6 Å². The quantitative estimate of drug-likeness (QED) is 0.577. The maximum atomic E-state index is 13.1. The van der Waals surface area contributed by atoms with Gasteiger partial charge in [-0.05, 0) is 42.0 Å². The highest BCUT2D eigenvalue weighted by Crippen LogP contribution is 2.17. The summed E-state index contributed by atoms with van der Waals surface area (Å²) in [6.07, 6.45) is 0.0216. The summed E-state index contributed by atoms with van der Waals surface area (Å²) in [7, 11) is -2.52. The van der Waals surface area contributed by atoms with Crippen LogP contribution in [0.1, 0.15) is 5.56 Å². The number of nitrogens with zero attached hydrogens (tertiary/aromatic N) is 1. The lowest BCUT2D eigenvalue weighted by atomic mass is 10.1. The van der Waals surface area contributed by atoms with Gasteiger partial charge in [-0.1, -0.05) is 23.7 Å². The highest BCUT2D eigenvalue weighted by atomic mass is 35.5. The molecule has 0 fully saturated rings. The van der Waals surface area contributed by atoms with Gasteiger partial charge in [-0.15, -0.1) is 0 Å². The summed E-state index contributed by atoms with van der Waals surface area (Å²) in [4.78, 5) is 23.8. The van der Waals surface area contributed by atoms with E-state index in [1.165, 1.54) is 49.5 Å². The summed E-state index contributed by atoms with van der Waals surface area (Å²) in [6, 6.07) is 11.4. The first kappa shape index (κ1) is 22.8. The Bertz CT molecular complexity index is 968. The zero-order chi connectivity index (χ0) is 21.4. The number of carbonyl (C=O) groups is 2. The zero-order valence-corrected chi connectivity index (χ0v) is 17.3. The molecular formula is C19H21ClFN3O4S. The molecule has 0 atom stereocenters. The summed E-state index contributed by atoms with van der Waals surface area (Å²) in [5.74, 6) is -1.24. The van der Waals surface area contributed by atoms with E-state index in [9.17, 15) is 22.4 Å². The fourth-order valence-electron chi connectivity index (χ4n) is 2.43. The van der Waals surface area contributed by atoms with E-state index in [4.69, 9.17) is 11.6 Å². The van der Waals surface area contributed by atoms with E-state index in [0.717, 1.165) is 4.31 Å². The van der Waals surface area contributed by atoms with Crippen molar-refractivity contribution in [2.75, 3.05) is 26.7 Å². The molecule has 0 radical (unpaired) electrons. The molecule has 0 saturated heterocycles. The molecule has 2 aromatic carbocycles. The number of nitrogens with one attached hydrogen (secondary N) is 2. The van der Waals surface area contributed by atoms with Gasteiger partial charge in [0.25, 0.3) is 0 Å². The maximum absolute atomic E-state index is 13.1. The Morgan fingerprint density at radius 3 is 2.28 bits per heavy atom. The Morgan fingerprint density at radius 2 is 1.66 bits per heavy atom. The van der Waals surface area contributed by atoms with Crippen molar-refractivity contribution in [3.63, 3.8) is 0 Å². The van der Waals surface area contributed by atoms with Crippen LogP contribution in [0.4, 0.5) is 4.39 Å². The lowest BCUT2D eigenvalue weighted by Crippen LogP contribution is -2.41. The summed E-state index contributed by atoms with van der Waals surface area (Å²) in [6.45, 7) is -0.0850. The first-order valence-corrected chi connectivity index (χ1v) is 10.5. The Balaban J connectivity index is 1.73. The van der Waals surface area contributed by atoms with E-state index < -0.39 is 21.7 Å². The molecule has 2 N–H and O–H groups in total. The largest absolute Gasteiger partial charge is 0.354 e. The molecule has 0 aromatic heterocycles. The van der Waals surface area contributed by atoms with Gasteiger partial charge < -0.3 is 10.6 Å². The number of sulfonamides is 1. The normalized spacial score (nSPS) is 11.3. The maximum Gasteiger partial charge on any atom is 0.243 e. The predicted molar refractivity (Wildman–Crippen MR) is 107 cm³/mol. The molecule has 2 aromatic rings. The summed E-state index contributed by atoms with van der Waals surface area (Å²) >= 11 is 5.75. The van der Waals surface area contributed by atoms with Crippen LogP contribution < -0.4 is 10.6 Å². The first-order chi connectivity index (χ1) is 13.7. The fourth-order valence-corrected chi connectivity index (χ4v) is 3.68. The third-order valence-corrected chi connectivity index (χ3v) is 5.98. The van der Waals surface area contributed by atoms with Gasteiger partial charge in [0, 0.05) is 25.2 Å². The number of hydrogen-bond acceptors (Lipinski definition) is 4. The van der Waals surface area contributed by atoms with Crippen LogP contribution in [0.3, 0.4) is 0 Å². The summed E-state index contributed by atoms with van der Waals surface area (Å²) in [5.41, 5.74) is 0.542. The number of likely N-dealkylation sites (N-methyl/N-ethyl adjacent to an activating group) is 1. The zero-order valence-electron chi connectivity index (χ0n) is 15.7. The number of rotatable bonds is 9. The average molecular weight is 442 g/mol. The molecule has 0 spiro atoms. The van der Waals surface area contributed by atoms with Gasteiger partial charge >= 0.3 is 0 Å². The molecule has 2 rings (SSSR count). The molecule has 156 valence electrons. The molecule has 2 amide bonds. The molecule has 0 bridgehead atoms. The van der Waals surface area contributed by atoms with Crippen molar-refractivity contribution in [2.45, 2.75) is 11.3 Å². The Hall–Kier alpha value is -2.49. The first-order valence-electron chi connectivity index (χ1n) is 8.68. The van der Waals surface area contributed by atoms with E-state index in [2.05, 4.69) is 10.6 Å². The third kappa shape index (κ3) is 7.12. The summed E-state index contributed by atoms with van der Waals surface area (Å²) in [5, 5.41) is 5.54. The lowest BCUT2D eigenvalue weighted by molar-refractivity contribution is -0.122. The van der Waals surface area contributed by atoms with Gasteiger partial charge in [0.1, 0.15) is 5.82 Å². The molecule has 0 heterocycles. The van der Waals surface area contributed by atoms with Crippen LogP contribution in [-0.2, 0) is 26.0 Å². The van der Waals surface area contributed by atoms with E-state index in [-0.39, 0.29) is 36.9 Å². The minimum atomic E-state index is -3.82. The van der Waals surface area contributed by atoms with Crippen LogP contribution in [-0.4, -0.2) is 51.2 Å². The molecule has 0 aliphatic heterocycles. The molecular weight excluding hydrogens is 421 g/mol. The van der Waals surface area contributed by atoms with E-state index in [1.54, 1.807) is 6.07 Å². The van der Waals surface area contributed by atoms with Crippen molar-refractivity contribution in [1.82, 2.24) is 14.9 Å². The van der Waals surface area contributed by atoms with E-state index >= 15 is 0 Å². The van der Waals surface area contributed by atoms with Crippen LogP contribution in [0.15, 0.2) is 53.4 Å². The average Bonchev–Trinajstić information content (AvgIpc) is 2.65. The third-order valence-electron chi connectivity index (χ3n) is 3.91. The van der Waals surface area contributed by atoms with Crippen LogP contribution in [0.25, 0.3) is 0 Å². The second kappa shape index (κ2) is 10.3. The highest BCUT2D eigenvalue weighted by Gasteiger charge is 2.22. The highest BCUT2D eigenvalue weighted by molar-refractivity contribution is 7.89. The fraction of sp³-hybridized carbons (Fsp3) is 0.263. The Labute approximate surface area is 173 Å². The van der Waals surface area contributed by atoms with Crippen molar-refractivity contribution >= 4 is 33.4 Å². The number of hydrogen-bond donors (Lipinski definition) is 2. The van der Waals surface area contributed by atoms with Gasteiger partial charge in [-0.2, -0.15) is 4.31 Å². The second-order valence-corrected chi connectivity index (χ2v) is 8.70. The lowest BCUT2D eigenvalue weighted by Gasteiger charge is -2.17. The van der Waals surface area contributed by atoms with Gasteiger partial charge in [-0.3, -0.25) is 9.59 Å². The molecule has 0 unspecified atom stereocenters. The number of amides is 2. The number of benzene rings is 2. The number of halogens is 2. The van der Waals surface area contributed by atoms with E-state index in [1.807, 2.05) is 0 Å². The van der Waals surface area contributed by atoms with Gasteiger partial charge in [0.05, 0.1) is 17.9 Å². The SMILES string of the molecule is CN(CC(=O)NCCNC(=O)Cc1cccc(F)c1)S(=O)(=O)c1ccc(Cl)cc1. The van der Waals surface area contributed by atoms with Crippen molar-refractivity contribution in [1.29, 1.82) is 0 Å². The molecule has 10 heteroatoms. The van der Waals surface area contributed by atoms with Crippen LogP contribution in [0.5, 0.6) is 0 Å². The van der Waals surface area contributed by atoms with Crippen molar-refractivity contribution in [3.05, 3.63) is 64.9 Å². The molecule has 29 heavy (non-hydrogen) atoms. The van der Waals surface area contributed by atoms with Gasteiger partial charge in [0.2, 0.25) is 21.8 Å². The molecule has 0 aliphatic carbocycles. The monoisotopic (exact) mass is 441 g/mol. The van der Waals surface area contributed by atoms with Crippen molar-refractivity contribution in [2.24, 2.45) is 0 Å². The molecule has 0 aliphatic rings. The standard InChI is InChI=1S/C19H21ClFN3O4S/c1-24(29(27,28)17-7-5-15(20)6-8-17)13-19(26)23-10-9-22-18(25)12-14-3-2-4-16(21)11-14/h2-8,11H,9-10,12-13H2,1H3,(H,22,25)(H,23,26). The minimum absolute atomic E-state index is 0.0216. The van der Waals surface area contributed by atoms with Crippen molar-refractivity contribution < 1.29 is 22.4 Å². The van der Waals surface area contributed by atoms with Crippen LogP contribution in [0.2, 0.25) is 5.02 Å². The van der Waals surface area contributed by atoms with Crippen molar-refractivity contribution in [3.8, 4) is 0 Å². The summed E-state index contributed by atoms with van der Waals surface area (Å²) < 4.78 is 38.8. The Kier molecular flexibility index (Phi) is 8.12. The number of carbonyl (C=O) groups excluding carboxylic acids is 2. The second-order valence-electron chi connectivity index (χ2n) is 6.22. The van der Waals surface area contributed by atoms with Crippen LogP contribution in [0, 0.1) is 5.82 Å². The van der Waals surface area contributed by atoms with E-state index in [0.29, 0.717) is 10.6 Å². The molecule has 7 nitrogen and oxygen atoms in total. The Morgan fingerprint density at radius 1 is 1.03 bits per heavy atom. The predicted octanol–water partition coefficient (Wildman–Crippen LogP) is 1.57.